The van der Waals surface area contributed by atoms with Crippen molar-refractivity contribution in [3.8, 4) is 0 Å². The number of hydrogen-bond acceptors (Lipinski definition) is 4. The van der Waals surface area contributed by atoms with Gasteiger partial charge in [0.15, 0.2) is 0 Å². The lowest BCUT2D eigenvalue weighted by molar-refractivity contribution is -0.135. The van der Waals surface area contributed by atoms with Gasteiger partial charge >= 0.3 is 6.03 Å². The Bertz CT molecular complexity index is 665. The van der Waals surface area contributed by atoms with Crippen LogP contribution in [0.5, 0.6) is 0 Å². The maximum atomic E-state index is 13.3. The molecule has 1 aromatic carbocycles. The van der Waals surface area contributed by atoms with Crippen molar-refractivity contribution in [1.82, 2.24) is 15.5 Å². The summed E-state index contributed by atoms with van der Waals surface area (Å²) in [6.07, 6.45) is 1.89. The van der Waals surface area contributed by atoms with Crippen molar-refractivity contribution in [2.45, 2.75) is 31.7 Å². The Labute approximate surface area is 151 Å². The summed E-state index contributed by atoms with van der Waals surface area (Å²) >= 11 is 0. The number of hydrogen-bond donors (Lipinski definition) is 2. The van der Waals surface area contributed by atoms with Gasteiger partial charge < -0.3 is 15.4 Å². The third kappa shape index (κ3) is 4.19. The molecule has 1 aliphatic heterocycles. The zero-order valence-corrected chi connectivity index (χ0v) is 15.0. The van der Waals surface area contributed by atoms with Crippen LogP contribution in [0.3, 0.4) is 0 Å². The Morgan fingerprint density at radius 1 is 1.31 bits per heavy atom. The number of carbonyl (C=O) groups is 3. The number of rotatable bonds is 9. The van der Waals surface area contributed by atoms with Crippen molar-refractivity contribution in [2.75, 3.05) is 26.8 Å². The fraction of sp³-hybridized carbons (Fsp3) is 0.500. The minimum atomic E-state index is -1.27. The van der Waals surface area contributed by atoms with Gasteiger partial charge in [0.25, 0.3) is 5.91 Å². The van der Waals surface area contributed by atoms with Gasteiger partial charge in [0, 0.05) is 13.7 Å². The van der Waals surface area contributed by atoms with E-state index in [0.717, 1.165) is 11.3 Å². The van der Waals surface area contributed by atoms with E-state index in [9.17, 15) is 18.8 Å². The van der Waals surface area contributed by atoms with Crippen molar-refractivity contribution in [1.29, 1.82) is 0 Å². The van der Waals surface area contributed by atoms with Crippen molar-refractivity contribution >= 4 is 17.8 Å². The summed E-state index contributed by atoms with van der Waals surface area (Å²) in [4.78, 5) is 38.3. The molecule has 1 aromatic rings. The lowest BCUT2D eigenvalue weighted by Crippen LogP contribution is -2.45. The van der Waals surface area contributed by atoms with E-state index in [-0.39, 0.29) is 13.1 Å². The summed E-state index contributed by atoms with van der Waals surface area (Å²) < 4.78 is 18.1. The van der Waals surface area contributed by atoms with Gasteiger partial charge in [-0.1, -0.05) is 31.9 Å². The second kappa shape index (κ2) is 8.75. The van der Waals surface area contributed by atoms with Crippen LogP contribution in [-0.2, 0) is 19.9 Å². The van der Waals surface area contributed by atoms with E-state index in [0.29, 0.717) is 25.0 Å². The van der Waals surface area contributed by atoms with Crippen molar-refractivity contribution < 1.29 is 23.5 Å². The maximum Gasteiger partial charge on any atom is 0.325 e. The van der Waals surface area contributed by atoms with Crippen LogP contribution in [0.4, 0.5) is 9.18 Å². The monoisotopic (exact) mass is 365 g/mol. The number of benzene rings is 1. The number of urea groups is 1. The summed E-state index contributed by atoms with van der Waals surface area (Å²) in [5.74, 6) is -1.37. The molecule has 142 valence electrons. The summed E-state index contributed by atoms with van der Waals surface area (Å²) in [5.41, 5.74) is -0.763. The molecule has 8 heteroatoms. The third-order valence-corrected chi connectivity index (χ3v) is 4.35. The van der Waals surface area contributed by atoms with Crippen LogP contribution in [0.15, 0.2) is 24.3 Å². The number of imide groups is 1. The molecule has 1 aliphatic rings. The Morgan fingerprint density at radius 3 is 2.62 bits per heavy atom. The molecule has 0 aliphatic carbocycles. The topological polar surface area (TPSA) is 87.7 Å². The Balaban J connectivity index is 2.22. The minimum absolute atomic E-state index is 0.290. The fourth-order valence-corrected chi connectivity index (χ4v) is 2.95. The van der Waals surface area contributed by atoms with Gasteiger partial charge in [-0.05, 0) is 24.1 Å². The van der Waals surface area contributed by atoms with E-state index >= 15 is 0 Å². The first-order valence-corrected chi connectivity index (χ1v) is 8.60. The number of methoxy groups -OCH3 is 1. The van der Waals surface area contributed by atoms with Crippen LogP contribution in [0.1, 0.15) is 31.7 Å². The molecule has 26 heavy (non-hydrogen) atoms. The molecule has 1 atom stereocenters. The fourth-order valence-electron chi connectivity index (χ4n) is 2.95. The molecule has 1 heterocycles. The van der Waals surface area contributed by atoms with Crippen LogP contribution in [0.2, 0.25) is 0 Å². The van der Waals surface area contributed by atoms with Crippen LogP contribution in [0.25, 0.3) is 0 Å². The first-order chi connectivity index (χ1) is 12.4. The summed E-state index contributed by atoms with van der Waals surface area (Å²) in [5, 5.41) is 5.30. The minimum Gasteiger partial charge on any atom is -0.383 e. The molecule has 2 rings (SSSR count). The largest absolute Gasteiger partial charge is 0.383 e. The number of ether oxygens (including phenoxy) is 1. The molecule has 1 saturated heterocycles. The Kier molecular flexibility index (Phi) is 6.68. The molecule has 1 fully saturated rings. The molecule has 7 nitrogen and oxygen atoms in total. The van der Waals surface area contributed by atoms with Gasteiger partial charge in [-0.3, -0.25) is 14.5 Å². The van der Waals surface area contributed by atoms with Crippen molar-refractivity contribution in [3.05, 3.63) is 35.6 Å². The first-order valence-electron chi connectivity index (χ1n) is 8.60. The zero-order chi connectivity index (χ0) is 19.2. The molecule has 0 saturated carbocycles. The highest BCUT2D eigenvalue weighted by Gasteiger charge is 2.52. The third-order valence-electron chi connectivity index (χ3n) is 4.35. The second-order valence-corrected chi connectivity index (χ2v) is 6.18. The van der Waals surface area contributed by atoms with Gasteiger partial charge in [-0.15, -0.1) is 0 Å². The standard InChI is InChI=1S/C18H24FN3O4/c1-3-4-9-18(13-5-7-14(19)8-6-13)16(24)22(17(25)21-18)12-15(23)20-10-11-26-2/h5-8H,3-4,9-12H2,1-2H3,(H,20,23)(H,21,25)/t18-/m1/s1. The van der Waals surface area contributed by atoms with Gasteiger partial charge in [-0.25, -0.2) is 9.18 Å². The van der Waals surface area contributed by atoms with E-state index in [2.05, 4.69) is 10.6 Å². The number of carbonyl (C=O) groups excluding carboxylic acids is 3. The van der Waals surface area contributed by atoms with Crippen LogP contribution < -0.4 is 10.6 Å². The predicted molar refractivity (Wildman–Crippen MR) is 92.7 cm³/mol. The number of nitrogens with one attached hydrogen (secondary N) is 2. The molecular formula is C18H24FN3O4. The first kappa shape index (κ1) is 19.8. The zero-order valence-electron chi connectivity index (χ0n) is 15.0. The van der Waals surface area contributed by atoms with Gasteiger partial charge in [0.2, 0.25) is 5.91 Å². The van der Waals surface area contributed by atoms with Crippen molar-refractivity contribution in [3.63, 3.8) is 0 Å². The number of amides is 4. The number of halogens is 1. The Hall–Kier alpha value is -2.48. The molecule has 0 unspecified atom stereocenters. The molecule has 0 spiro atoms. The second-order valence-electron chi connectivity index (χ2n) is 6.18. The Morgan fingerprint density at radius 2 is 2.00 bits per heavy atom. The molecular weight excluding hydrogens is 341 g/mol. The van der Waals surface area contributed by atoms with Crippen LogP contribution >= 0.6 is 0 Å². The normalized spacial score (nSPS) is 19.6. The molecule has 0 bridgehead atoms. The number of nitrogens with zero attached hydrogens (tertiary/aromatic N) is 1. The van der Waals surface area contributed by atoms with Gasteiger partial charge in [0.05, 0.1) is 6.61 Å². The molecule has 0 aromatic heterocycles. The van der Waals surface area contributed by atoms with E-state index in [4.69, 9.17) is 4.74 Å². The number of unbranched alkanes of at least 4 members (excludes halogenated alkanes) is 1. The highest BCUT2D eigenvalue weighted by Crippen LogP contribution is 2.34. The smallest absolute Gasteiger partial charge is 0.325 e. The van der Waals surface area contributed by atoms with Crippen LogP contribution in [0, 0.1) is 5.82 Å². The summed E-state index contributed by atoms with van der Waals surface area (Å²) in [6.45, 7) is 2.23. The molecule has 2 N–H and O–H groups in total. The van der Waals surface area contributed by atoms with Gasteiger partial charge in [-0.2, -0.15) is 0 Å². The highest BCUT2D eigenvalue weighted by molar-refractivity contribution is 6.09. The average molecular weight is 365 g/mol. The van der Waals surface area contributed by atoms with E-state index < -0.39 is 29.2 Å². The van der Waals surface area contributed by atoms with E-state index in [1.54, 1.807) is 0 Å². The van der Waals surface area contributed by atoms with E-state index in [1.807, 2.05) is 6.92 Å². The van der Waals surface area contributed by atoms with Gasteiger partial charge in [0.1, 0.15) is 17.9 Å². The summed E-state index contributed by atoms with van der Waals surface area (Å²) in [6, 6.07) is 4.86. The summed E-state index contributed by atoms with van der Waals surface area (Å²) in [7, 11) is 1.51. The highest BCUT2D eigenvalue weighted by atomic mass is 19.1. The quantitative estimate of drug-likeness (QED) is 0.513. The average Bonchev–Trinajstić information content (AvgIpc) is 2.86. The van der Waals surface area contributed by atoms with Crippen LogP contribution in [-0.4, -0.2) is 49.6 Å². The lowest BCUT2D eigenvalue weighted by Gasteiger charge is -2.27. The predicted octanol–water partition coefficient (Wildman–Crippen LogP) is 1.53. The SMILES string of the molecule is CCCC[C@]1(c2ccc(F)cc2)NC(=O)N(CC(=O)NCCOC)C1=O. The lowest BCUT2D eigenvalue weighted by atomic mass is 9.85. The molecule has 4 amide bonds. The van der Waals surface area contributed by atoms with Crippen molar-refractivity contribution in [2.24, 2.45) is 0 Å². The molecule has 0 radical (unpaired) electrons. The van der Waals surface area contributed by atoms with E-state index in [1.165, 1.54) is 31.4 Å². The maximum absolute atomic E-state index is 13.3.